The van der Waals surface area contributed by atoms with Crippen molar-refractivity contribution >= 4 is 11.8 Å². The van der Waals surface area contributed by atoms with E-state index in [1.54, 1.807) is 6.92 Å². The number of ketones is 1. The highest BCUT2D eigenvalue weighted by Gasteiger charge is 2.64. The van der Waals surface area contributed by atoms with Gasteiger partial charge in [-0.15, -0.1) is 0 Å². The van der Waals surface area contributed by atoms with E-state index in [1.165, 1.54) is 0 Å². The summed E-state index contributed by atoms with van der Waals surface area (Å²) in [6.45, 7) is 16.9. The summed E-state index contributed by atoms with van der Waals surface area (Å²) in [4.78, 5) is 27.3. The molecule has 11 unspecified atom stereocenters. The van der Waals surface area contributed by atoms with Crippen LogP contribution in [-0.4, -0.2) is 70.1 Å². The molecule has 11 atom stereocenters. The van der Waals surface area contributed by atoms with Crippen molar-refractivity contribution in [3.63, 3.8) is 0 Å². The second-order valence-electron chi connectivity index (χ2n) is 17.4. The zero-order valence-electron chi connectivity index (χ0n) is 31.9. The minimum atomic E-state index is -1.16. The molecular formula is C42H63NO8. The van der Waals surface area contributed by atoms with Gasteiger partial charge in [0.05, 0.1) is 18.3 Å². The van der Waals surface area contributed by atoms with Gasteiger partial charge in [-0.3, -0.25) is 4.79 Å². The van der Waals surface area contributed by atoms with Crippen LogP contribution in [0.4, 0.5) is 0 Å². The fourth-order valence-electron chi connectivity index (χ4n) is 10.0. The van der Waals surface area contributed by atoms with Crippen molar-refractivity contribution in [3.05, 3.63) is 46.6 Å². The summed E-state index contributed by atoms with van der Waals surface area (Å²) in [5, 5.41) is 23.5. The van der Waals surface area contributed by atoms with E-state index in [4.69, 9.17) is 24.7 Å². The maximum atomic E-state index is 14.8. The number of nitrogens with two attached hydrogens (primary N) is 1. The van der Waals surface area contributed by atoms with Gasteiger partial charge in [0, 0.05) is 49.0 Å². The first-order valence-electron chi connectivity index (χ1n) is 19.7. The number of allylic oxidation sites excluding steroid dienone is 2. The van der Waals surface area contributed by atoms with Crippen LogP contribution in [0.3, 0.4) is 0 Å². The highest BCUT2D eigenvalue weighted by atomic mass is 16.8. The Kier molecular flexibility index (Phi) is 11.0. The van der Waals surface area contributed by atoms with Crippen molar-refractivity contribution in [2.75, 3.05) is 6.54 Å². The Morgan fingerprint density at radius 2 is 1.82 bits per heavy atom. The Morgan fingerprint density at radius 3 is 2.53 bits per heavy atom. The van der Waals surface area contributed by atoms with Gasteiger partial charge >= 0.3 is 5.97 Å². The predicted octanol–water partition coefficient (Wildman–Crippen LogP) is 6.90. The molecule has 3 fully saturated rings. The maximum absolute atomic E-state index is 14.8. The van der Waals surface area contributed by atoms with Crippen molar-refractivity contribution in [2.24, 2.45) is 28.9 Å². The molecule has 1 aliphatic carbocycles. The summed E-state index contributed by atoms with van der Waals surface area (Å²) in [7, 11) is 0. The van der Waals surface area contributed by atoms with E-state index >= 15 is 0 Å². The molecule has 0 aromatic carbocycles. The largest absolute Gasteiger partial charge is 0.450 e. The smallest absolute Gasteiger partial charge is 0.334 e. The van der Waals surface area contributed by atoms with E-state index < -0.39 is 34.8 Å². The molecule has 6 rings (SSSR count). The van der Waals surface area contributed by atoms with E-state index in [2.05, 4.69) is 33.4 Å². The summed E-state index contributed by atoms with van der Waals surface area (Å²) in [5.74, 6) is -2.00. The molecule has 0 aromatic heterocycles. The quantitative estimate of drug-likeness (QED) is 0.206. The monoisotopic (exact) mass is 709 g/mol. The topological polar surface area (TPSA) is 138 Å². The number of hydrogen-bond donors (Lipinski definition) is 3. The zero-order valence-corrected chi connectivity index (χ0v) is 31.9. The summed E-state index contributed by atoms with van der Waals surface area (Å²) < 4.78 is 26.0. The van der Waals surface area contributed by atoms with Gasteiger partial charge in [-0.2, -0.15) is 0 Å². The summed E-state index contributed by atoms with van der Waals surface area (Å²) in [6, 6.07) is 0. The Bertz CT molecular complexity index is 1480. The Morgan fingerprint density at radius 1 is 1.06 bits per heavy atom. The summed E-state index contributed by atoms with van der Waals surface area (Å²) >= 11 is 0. The van der Waals surface area contributed by atoms with Gasteiger partial charge in [0.2, 0.25) is 5.79 Å². The van der Waals surface area contributed by atoms with Gasteiger partial charge in [-0.05, 0) is 121 Å². The molecule has 9 nitrogen and oxygen atoms in total. The van der Waals surface area contributed by atoms with Gasteiger partial charge in [-0.1, -0.05) is 37.6 Å². The number of rotatable bonds is 5. The number of aliphatic hydroxyl groups excluding tert-OH is 1. The number of Topliss-reactive ketones (excluding diaryl/α,β-unsaturated/α-hetero) is 1. The van der Waals surface area contributed by atoms with Crippen molar-refractivity contribution in [1.82, 2.24) is 0 Å². The predicted molar refractivity (Wildman–Crippen MR) is 195 cm³/mol. The van der Waals surface area contributed by atoms with Gasteiger partial charge < -0.3 is 34.9 Å². The molecule has 4 N–H and O–H groups in total. The molecule has 5 heterocycles. The summed E-state index contributed by atoms with van der Waals surface area (Å²) in [6.07, 6.45) is 11.1. The lowest BCUT2D eigenvalue weighted by Gasteiger charge is -2.49. The van der Waals surface area contributed by atoms with Crippen LogP contribution in [0.15, 0.2) is 46.6 Å². The minimum absolute atomic E-state index is 0.116. The average Bonchev–Trinajstić information content (AvgIpc) is 3.71. The molecule has 51 heavy (non-hydrogen) atoms. The highest BCUT2D eigenvalue weighted by Crippen LogP contribution is 2.56. The van der Waals surface area contributed by atoms with Crippen LogP contribution < -0.4 is 5.73 Å². The van der Waals surface area contributed by atoms with E-state index in [-0.39, 0.29) is 41.7 Å². The molecule has 2 spiro atoms. The average molecular weight is 710 g/mol. The third kappa shape index (κ3) is 7.37. The molecule has 0 aromatic rings. The Hall–Kier alpha value is -2.14. The number of cyclic esters (lactones) is 1. The van der Waals surface area contributed by atoms with Gasteiger partial charge in [0.15, 0.2) is 5.79 Å². The lowest BCUT2D eigenvalue weighted by molar-refractivity contribution is -0.387. The highest BCUT2D eigenvalue weighted by molar-refractivity contribution is 5.91. The van der Waals surface area contributed by atoms with E-state index in [0.717, 1.165) is 28.7 Å². The van der Waals surface area contributed by atoms with Crippen molar-refractivity contribution in [2.45, 2.75) is 173 Å². The van der Waals surface area contributed by atoms with Crippen LogP contribution in [0.1, 0.15) is 131 Å². The van der Waals surface area contributed by atoms with Crippen LogP contribution in [0.2, 0.25) is 0 Å². The maximum Gasteiger partial charge on any atom is 0.334 e. The molecule has 6 aliphatic rings. The fourth-order valence-corrected chi connectivity index (χ4v) is 10.0. The number of carbonyl (C=O) groups is 2. The van der Waals surface area contributed by atoms with E-state index in [0.29, 0.717) is 95.6 Å². The minimum Gasteiger partial charge on any atom is -0.450 e. The number of carbonyl (C=O) groups excluding carboxylic acids is 2. The lowest BCUT2D eigenvalue weighted by Crippen LogP contribution is -2.60. The Labute approximate surface area is 305 Å². The number of hydrogen-bond acceptors (Lipinski definition) is 9. The van der Waals surface area contributed by atoms with Crippen LogP contribution in [0.5, 0.6) is 0 Å². The molecule has 3 saturated heterocycles. The normalized spacial score (nSPS) is 43.1. The van der Waals surface area contributed by atoms with Crippen molar-refractivity contribution in [3.8, 4) is 0 Å². The third-order valence-electron chi connectivity index (χ3n) is 13.6. The first-order chi connectivity index (χ1) is 24.0. The van der Waals surface area contributed by atoms with Crippen LogP contribution >= 0.6 is 0 Å². The fraction of sp³-hybridized carbons (Fsp3) is 0.762. The zero-order chi connectivity index (χ0) is 36.9. The van der Waals surface area contributed by atoms with Gasteiger partial charge in [0.1, 0.15) is 17.5 Å². The van der Waals surface area contributed by atoms with Crippen LogP contribution in [0.25, 0.3) is 0 Å². The first kappa shape index (κ1) is 38.6. The molecule has 284 valence electrons. The number of ether oxygens (including phenoxy) is 4. The summed E-state index contributed by atoms with van der Waals surface area (Å²) in [5.41, 5.74) is 8.80. The molecule has 4 bridgehead atoms. The second kappa shape index (κ2) is 14.6. The second-order valence-corrected chi connectivity index (χ2v) is 17.4. The molecular weight excluding hydrogens is 646 g/mol. The van der Waals surface area contributed by atoms with E-state index in [9.17, 15) is 19.8 Å². The first-order valence-corrected chi connectivity index (χ1v) is 19.7. The molecule has 0 radical (unpaired) electrons. The van der Waals surface area contributed by atoms with Gasteiger partial charge in [0.25, 0.3) is 0 Å². The molecule has 9 heteroatoms. The molecule has 0 saturated carbocycles. The Balaban J connectivity index is 1.38. The van der Waals surface area contributed by atoms with Crippen LogP contribution in [0, 0.1) is 23.2 Å². The van der Waals surface area contributed by atoms with Crippen molar-refractivity contribution < 1.29 is 38.7 Å². The standard InChI is InChI=1S/C42H63NO8/c1-25-9-8-10-37(45)40(15-11-26(2)24-43)16-13-32(36-21-28(4)38(46)48-36)30(6)33(40)20-27(3)34(44)22-35-29(5)23-41(50-35)17-18-42(51-41)39(7,47)14-12-31(19-25)49-42/h20-21,26,29,31,33-36,44,47H,1,8-19,22-24,43H2,2-7H3. The van der Waals surface area contributed by atoms with Gasteiger partial charge in [-0.25, -0.2) is 4.79 Å². The number of aliphatic hydroxyl groups is 2. The third-order valence-corrected chi connectivity index (χ3v) is 13.6. The van der Waals surface area contributed by atoms with E-state index in [1.807, 2.05) is 19.9 Å². The lowest BCUT2D eigenvalue weighted by atomic mass is 9.58. The SMILES string of the molecule is C=C1CCCC(=O)C2(CCC(C)CN)CCC(C3C=C(C)C(=O)O3)=C(C)C2C=C(C)C(O)CC2OC3(CCC4(OC(CCC4(C)O)C1)O3)CC2C. The number of esters is 1. The number of fused-ring (bicyclic) bond motifs is 3. The van der Waals surface area contributed by atoms with Crippen molar-refractivity contribution in [1.29, 1.82) is 0 Å². The molecule has 5 aliphatic heterocycles. The molecule has 0 amide bonds. The van der Waals surface area contributed by atoms with Crippen LogP contribution in [-0.2, 0) is 28.5 Å².